The molecule has 0 spiro atoms. The summed E-state index contributed by atoms with van der Waals surface area (Å²) in [5, 5.41) is 15.1. The lowest BCUT2D eigenvalue weighted by Gasteiger charge is -2.34. The molecule has 7 nitrogen and oxygen atoms in total. The van der Waals surface area contributed by atoms with Gasteiger partial charge in [-0.15, -0.1) is 0 Å². The van der Waals surface area contributed by atoms with Crippen LogP contribution in [0.2, 0.25) is 5.02 Å². The Kier molecular flexibility index (Phi) is 6.35. The number of hydrogen-bond donors (Lipinski definition) is 2. The van der Waals surface area contributed by atoms with Gasteiger partial charge in [0.15, 0.2) is 0 Å². The molecule has 1 aliphatic heterocycles. The monoisotopic (exact) mass is 397 g/mol. The van der Waals surface area contributed by atoms with Crippen molar-refractivity contribution in [2.75, 3.05) is 31.5 Å². The van der Waals surface area contributed by atoms with Crippen molar-refractivity contribution >= 4 is 29.4 Å². The minimum Gasteiger partial charge on any atom is -0.334 e. The predicted molar refractivity (Wildman–Crippen MR) is 107 cm³/mol. The van der Waals surface area contributed by atoms with Gasteiger partial charge in [-0.1, -0.05) is 23.7 Å². The van der Waals surface area contributed by atoms with E-state index in [4.69, 9.17) is 16.9 Å². The van der Waals surface area contributed by atoms with Crippen molar-refractivity contribution in [2.24, 2.45) is 0 Å². The van der Waals surface area contributed by atoms with Crippen LogP contribution in [0.4, 0.5) is 15.3 Å². The highest BCUT2D eigenvalue weighted by molar-refractivity contribution is 6.30. The largest absolute Gasteiger partial charge is 0.334 e. The van der Waals surface area contributed by atoms with E-state index in [1.807, 2.05) is 24.3 Å². The zero-order valence-electron chi connectivity index (χ0n) is 15.2. The Morgan fingerprint density at radius 1 is 1.00 bits per heavy atom. The fourth-order valence-corrected chi connectivity index (χ4v) is 3.09. The van der Waals surface area contributed by atoms with Gasteiger partial charge in [-0.3, -0.25) is 0 Å². The first kappa shape index (κ1) is 19.5. The predicted octanol–water partition coefficient (Wildman–Crippen LogP) is 3.27. The molecule has 3 rings (SSSR count). The van der Waals surface area contributed by atoms with Gasteiger partial charge in [-0.25, -0.2) is 9.59 Å². The maximum absolute atomic E-state index is 12.4. The molecule has 0 unspecified atom stereocenters. The first-order valence-electron chi connectivity index (χ1n) is 8.88. The molecule has 0 atom stereocenters. The van der Waals surface area contributed by atoms with Gasteiger partial charge >= 0.3 is 12.1 Å². The van der Waals surface area contributed by atoms with Crippen LogP contribution in [-0.2, 0) is 6.54 Å². The van der Waals surface area contributed by atoms with E-state index < -0.39 is 0 Å². The van der Waals surface area contributed by atoms with Crippen molar-refractivity contribution in [3.05, 3.63) is 64.7 Å². The van der Waals surface area contributed by atoms with Crippen molar-refractivity contribution in [1.82, 2.24) is 15.1 Å². The molecule has 0 aromatic heterocycles. The second-order valence-electron chi connectivity index (χ2n) is 6.38. The maximum Gasteiger partial charge on any atom is 0.321 e. The third-order valence-electron chi connectivity index (χ3n) is 4.45. The highest BCUT2D eigenvalue weighted by Gasteiger charge is 2.24. The van der Waals surface area contributed by atoms with Gasteiger partial charge in [0.25, 0.3) is 0 Å². The van der Waals surface area contributed by atoms with Crippen LogP contribution in [0.3, 0.4) is 0 Å². The molecule has 4 amide bonds. The molecule has 1 aliphatic rings. The van der Waals surface area contributed by atoms with Gasteiger partial charge in [-0.2, -0.15) is 5.26 Å². The fourth-order valence-electron chi connectivity index (χ4n) is 2.88. The number of amides is 4. The van der Waals surface area contributed by atoms with E-state index in [-0.39, 0.29) is 12.1 Å². The lowest BCUT2D eigenvalue weighted by molar-refractivity contribution is 0.149. The summed E-state index contributed by atoms with van der Waals surface area (Å²) in [6.45, 7) is 2.22. The molecule has 2 aromatic rings. The van der Waals surface area contributed by atoms with Crippen LogP contribution < -0.4 is 10.6 Å². The van der Waals surface area contributed by atoms with E-state index in [2.05, 4.69) is 10.6 Å². The third kappa shape index (κ3) is 5.15. The molecule has 2 N–H and O–H groups in total. The Morgan fingerprint density at radius 3 is 2.25 bits per heavy atom. The van der Waals surface area contributed by atoms with Gasteiger partial charge in [0.1, 0.15) is 0 Å². The number of carbonyl (C=O) groups is 2. The van der Waals surface area contributed by atoms with Crippen molar-refractivity contribution < 1.29 is 9.59 Å². The fraction of sp³-hybridized carbons (Fsp3) is 0.250. The molecule has 1 fully saturated rings. The molecule has 0 bridgehead atoms. The summed E-state index contributed by atoms with van der Waals surface area (Å²) in [7, 11) is 0. The summed E-state index contributed by atoms with van der Waals surface area (Å²) in [4.78, 5) is 28.0. The molecule has 0 saturated carbocycles. The van der Waals surface area contributed by atoms with E-state index >= 15 is 0 Å². The Balaban J connectivity index is 1.44. The van der Waals surface area contributed by atoms with Crippen molar-refractivity contribution in [3.8, 4) is 6.07 Å². The molecule has 8 heteroatoms. The summed E-state index contributed by atoms with van der Waals surface area (Å²) in [5.74, 6) is 0. The number of piperazine rings is 1. The third-order valence-corrected chi connectivity index (χ3v) is 4.69. The lowest BCUT2D eigenvalue weighted by Crippen LogP contribution is -2.53. The number of rotatable bonds is 3. The van der Waals surface area contributed by atoms with Crippen LogP contribution in [-0.4, -0.2) is 48.0 Å². The molecule has 144 valence electrons. The second-order valence-corrected chi connectivity index (χ2v) is 6.82. The Hall–Kier alpha value is -3.24. The van der Waals surface area contributed by atoms with Crippen LogP contribution >= 0.6 is 11.6 Å². The zero-order chi connectivity index (χ0) is 19.9. The van der Waals surface area contributed by atoms with Crippen LogP contribution in [0, 0.1) is 11.3 Å². The highest BCUT2D eigenvalue weighted by atomic mass is 35.5. The number of urea groups is 2. The average molecular weight is 398 g/mol. The van der Waals surface area contributed by atoms with Crippen LogP contribution in [0.25, 0.3) is 0 Å². The number of benzene rings is 2. The van der Waals surface area contributed by atoms with Gasteiger partial charge < -0.3 is 20.4 Å². The number of carbonyl (C=O) groups excluding carboxylic acids is 2. The highest BCUT2D eigenvalue weighted by Crippen LogP contribution is 2.12. The first-order chi connectivity index (χ1) is 13.5. The SMILES string of the molecule is N#Cc1ccc(NC(=O)N2CCN(C(=O)NCc3cccc(Cl)c3)CC2)cc1. The van der Waals surface area contributed by atoms with E-state index in [1.165, 1.54) is 0 Å². The number of nitrogens with one attached hydrogen (secondary N) is 2. The van der Waals surface area contributed by atoms with Gasteiger partial charge in [0, 0.05) is 43.4 Å². The minimum atomic E-state index is -0.219. The first-order valence-corrected chi connectivity index (χ1v) is 9.26. The van der Waals surface area contributed by atoms with E-state index in [0.717, 1.165) is 5.56 Å². The summed E-state index contributed by atoms with van der Waals surface area (Å²) in [6.07, 6.45) is 0. The summed E-state index contributed by atoms with van der Waals surface area (Å²) >= 11 is 5.95. The normalized spacial score (nSPS) is 13.6. The van der Waals surface area contributed by atoms with Gasteiger partial charge in [0.2, 0.25) is 0 Å². The van der Waals surface area contributed by atoms with Crippen molar-refractivity contribution in [2.45, 2.75) is 6.54 Å². The van der Waals surface area contributed by atoms with Crippen LogP contribution in [0.1, 0.15) is 11.1 Å². The topological polar surface area (TPSA) is 88.5 Å². The number of nitriles is 1. The molecular formula is C20H20ClN5O2. The summed E-state index contributed by atoms with van der Waals surface area (Å²) < 4.78 is 0. The molecule has 0 radical (unpaired) electrons. The van der Waals surface area contributed by atoms with Gasteiger partial charge in [-0.05, 0) is 42.0 Å². The van der Waals surface area contributed by atoms with Crippen molar-refractivity contribution in [1.29, 1.82) is 5.26 Å². The Bertz CT molecular complexity index is 886. The van der Waals surface area contributed by atoms with E-state index in [0.29, 0.717) is 49.0 Å². The molecular weight excluding hydrogens is 378 g/mol. The lowest BCUT2D eigenvalue weighted by atomic mass is 10.2. The maximum atomic E-state index is 12.4. The van der Waals surface area contributed by atoms with Gasteiger partial charge in [0.05, 0.1) is 11.6 Å². The summed E-state index contributed by atoms with van der Waals surface area (Å²) in [5.41, 5.74) is 2.10. The molecule has 2 aromatic carbocycles. The Labute approximate surface area is 168 Å². The van der Waals surface area contributed by atoms with Crippen LogP contribution in [0.15, 0.2) is 48.5 Å². The number of hydrogen-bond acceptors (Lipinski definition) is 3. The summed E-state index contributed by atoms with van der Waals surface area (Å²) in [6, 6.07) is 15.7. The smallest absolute Gasteiger partial charge is 0.321 e. The molecule has 0 aliphatic carbocycles. The average Bonchev–Trinajstić information content (AvgIpc) is 2.72. The molecule has 1 heterocycles. The van der Waals surface area contributed by atoms with E-state index in [9.17, 15) is 9.59 Å². The standard InChI is InChI=1S/C20H20ClN5O2/c21-17-3-1-2-16(12-17)14-23-19(27)25-8-10-26(11-9-25)20(28)24-18-6-4-15(13-22)5-7-18/h1-7,12H,8-11,14H2,(H,23,27)(H,24,28). The minimum absolute atomic E-state index is 0.160. The molecule has 1 saturated heterocycles. The second kappa shape index (κ2) is 9.11. The Morgan fingerprint density at radius 2 is 1.64 bits per heavy atom. The van der Waals surface area contributed by atoms with Crippen LogP contribution in [0.5, 0.6) is 0 Å². The number of nitrogens with zero attached hydrogens (tertiary/aromatic N) is 3. The van der Waals surface area contributed by atoms with E-state index in [1.54, 1.807) is 40.1 Å². The number of anilines is 1. The van der Waals surface area contributed by atoms with Crippen molar-refractivity contribution in [3.63, 3.8) is 0 Å². The molecule has 28 heavy (non-hydrogen) atoms. The quantitative estimate of drug-likeness (QED) is 0.833. The number of halogens is 1. The zero-order valence-corrected chi connectivity index (χ0v) is 15.9.